The number of esters is 1. The molecule has 220 valence electrons. The summed E-state index contributed by atoms with van der Waals surface area (Å²) in [5, 5.41) is 18.0. The summed E-state index contributed by atoms with van der Waals surface area (Å²) >= 11 is 0. The van der Waals surface area contributed by atoms with Crippen LogP contribution in [0.3, 0.4) is 0 Å². The highest BCUT2D eigenvalue weighted by Crippen LogP contribution is 2.63. The third-order valence-corrected chi connectivity index (χ3v) is 8.75. The number of aliphatic hydroxyl groups is 1. The van der Waals surface area contributed by atoms with Crippen molar-refractivity contribution in [3.63, 3.8) is 0 Å². The first-order chi connectivity index (χ1) is 19.8. The van der Waals surface area contributed by atoms with E-state index in [9.17, 15) is 19.5 Å². The molecule has 1 aromatic carbocycles. The van der Waals surface area contributed by atoms with E-state index in [-0.39, 0.29) is 44.8 Å². The Morgan fingerprint density at radius 2 is 2.02 bits per heavy atom. The van der Waals surface area contributed by atoms with Gasteiger partial charge in [0.15, 0.2) is 0 Å². The summed E-state index contributed by atoms with van der Waals surface area (Å²) in [5.74, 6) is -2.74. The van der Waals surface area contributed by atoms with Gasteiger partial charge in [-0.05, 0) is 57.6 Å². The molecule has 5 rings (SSSR count). The number of nitrogens with zero attached hydrogens (tertiary/aromatic N) is 5. The molecule has 3 saturated heterocycles. The van der Waals surface area contributed by atoms with Crippen LogP contribution in [0, 0.1) is 11.8 Å². The predicted molar refractivity (Wildman–Crippen MR) is 150 cm³/mol. The Balaban J connectivity index is 1.45. The molecular weight excluding hydrogens is 526 g/mol. The van der Waals surface area contributed by atoms with Crippen LogP contribution >= 0.6 is 0 Å². The molecule has 1 aromatic heterocycles. The van der Waals surface area contributed by atoms with Crippen molar-refractivity contribution in [2.24, 2.45) is 11.8 Å². The van der Waals surface area contributed by atoms with Crippen LogP contribution in [0.2, 0.25) is 0 Å². The van der Waals surface area contributed by atoms with Crippen molar-refractivity contribution in [1.82, 2.24) is 24.8 Å². The molecule has 1 N–H and O–H groups in total. The number of hydrogen-bond donors (Lipinski definition) is 1. The highest BCUT2D eigenvalue weighted by Gasteiger charge is 2.78. The molecule has 0 radical (unpaired) electrons. The zero-order chi connectivity index (χ0) is 29.2. The van der Waals surface area contributed by atoms with E-state index in [1.165, 1.54) is 4.90 Å². The van der Waals surface area contributed by atoms with E-state index in [0.29, 0.717) is 31.2 Å². The van der Waals surface area contributed by atoms with Crippen LogP contribution in [-0.4, -0.2) is 91.2 Å². The van der Waals surface area contributed by atoms with Crippen LogP contribution in [0.25, 0.3) is 11.0 Å². The van der Waals surface area contributed by atoms with E-state index in [1.807, 2.05) is 37.3 Å². The highest BCUT2D eigenvalue weighted by molar-refractivity contribution is 5.98. The van der Waals surface area contributed by atoms with Gasteiger partial charge in [0.25, 0.3) is 0 Å². The lowest BCUT2D eigenvalue weighted by molar-refractivity contribution is -0.160. The van der Waals surface area contributed by atoms with E-state index in [4.69, 9.17) is 9.47 Å². The van der Waals surface area contributed by atoms with Crippen LogP contribution in [-0.2, 0) is 30.5 Å². The lowest BCUT2D eigenvalue weighted by Crippen LogP contribution is -2.56. The highest BCUT2D eigenvalue weighted by atomic mass is 16.6. The topological polar surface area (TPSA) is 127 Å². The normalized spacial score (nSPS) is 28.2. The molecule has 3 aliphatic rings. The number of allylic oxidation sites excluding steroid dienone is 1. The van der Waals surface area contributed by atoms with Crippen LogP contribution in [0.15, 0.2) is 49.6 Å². The lowest BCUT2D eigenvalue weighted by atomic mass is 9.66. The SMILES string of the molecule is C=CCCCCOC(=O)[C@@H]1[C@H]2C(=O)N(CCCO)C(C(=O)N(CC=C)Cn3nnc4ccccc43)C23CC[C@@]1(C)O3. The summed E-state index contributed by atoms with van der Waals surface area (Å²) in [7, 11) is 0. The first-order valence-corrected chi connectivity index (χ1v) is 14.4. The average Bonchev–Trinajstić information content (AvgIpc) is 3.67. The molecule has 2 bridgehead atoms. The van der Waals surface area contributed by atoms with Crippen molar-refractivity contribution >= 4 is 28.8 Å². The summed E-state index contributed by atoms with van der Waals surface area (Å²) in [6, 6.07) is 6.51. The molecule has 0 aliphatic carbocycles. The fraction of sp³-hybridized carbons (Fsp3) is 0.567. The number of fused-ring (bicyclic) bond motifs is 2. The maximum absolute atomic E-state index is 14.5. The van der Waals surface area contributed by atoms with Gasteiger partial charge in [-0.1, -0.05) is 29.5 Å². The second kappa shape index (κ2) is 11.7. The lowest BCUT2D eigenvalue weighted by Gasteiger charge is -2.36. The smallest absolute Gasteiger partial charge is 0.312 e. The van der Waals surface area contributed by atoms with Crippen molar-refractivity contribution < 1.29 is 29.0 Å². The zero-order valence-electron chi connectivity index (χ0n) is 23.6. The number of rotatable bonds is 14. The molecule has 2 unspecified atom stereocenters. The molecule has 5 atom stereocenters. The number of aromatic nitrogens is 3. The number of carbonyl (C=O) groups excluding carboxylic acids is 3. The van der Waals surface area contributed by atoms with Crippen molar-refractivity contribution in [1.29, 1.82) is 0 Å². The van der Waals surface area contributed by atoms with Gasteiger partial charge in [0.1, 0.15) is 29.7 Å². The molecule has 11 heteroatoms. The van der Waals surface area contributed by atoms with Gasteiger partial charge in [-0.3, -0.25) is 14.4 Å². The molecule has 2 amide bonds. The second-order valence-corrected chi connectivity index (χ2v) is 11.4. The number of unbranched alkanes of at least 4 members (excludes halogenated alkanes) is 2. The largest absolute Gasteiger partial charge is 0.465 e. The molecule has 11 nitrogen and oxygen atoms in total. The third-order valence-electron chi connectivity index (χ3n) is 8.75. The summed E-state index contributed by atoms with van der Waals surface area (Å²) in [6.45, 7) is 9.99. The summed E-state index contributed by atoms with van der Waals surface area (Å²) in [6.07, 6.45) is 7.12. The second-order valence-electron chi connectivity index (χ2n) is 11.4. The van der Waals surface area contributed by atoms with E-state index >= 15 is 0 Å². The summed E-state index contributed by atoms with van der Waals surface area (Å²) in [5.41, 5.74) is -0.610. The fourth-order valence-corrected chi connectivity index (χ4v) is 6.93. The first kappa shape index (κ1) is 28.9. The Kier molecular flexibility index (Phi) is 8.28. The van der Waals surface area contributed by atoms with Gasteiger partial charge in [0.2, 0.25) is 11.8 Å². The molecular formula is C30H39N5O6. The van der Waals surface area contributed by atoms with Gasteiger partial charge < -0.3 is 24.4 Å². The van der Waals surface area contributed by atoms with E-state index in [2.05, 4.69) is 23.5 Å². The average molecular weight is 566 g/mol. The Bertz CT molecular complexity index is 1330. The van der Waals surface area contributed by atoms with Gasteiger partial charge in [-0.25, -0.2) is 4.68 Å². The summed E-state index contributed by atoms with van der Waals surface area (Å²) < 4.78 is 14.0. The Morgan fingerprint density at radius 1 is 1.22 bits per heavy atom. The number of para-hydroxylation sites is 1. The standard InChI is InChI=1S/C30H39N5O6/c1-4-6-7-10-19-40-28(39)24-23-26(37)34(17-11-18-36)25(30(23)15-14-29(24,3)41-30)27(38)33(16-5-2)20-35-22-13-9-8-12-21(22)31-32-35/h4-5,8-9,12-13,23-25,36H,1-2,6-7,10-11,14-20H2,3H3/t23-,24-,25?,29+,30?/m0/s1. The Hall–Kier alpha value is -3.57. The number of carbonyl (C=O) groups is 3. The zero-order valence-corrected chi connectivity index (χ0v) is 23.6. The third kappa shape index (κ3) is 4.95. The van der Waals surface area contributed by atoms with Gasteiger partial charge >= 0.3 is 5.97 Å². The number of aliphatic hydroxyl groups excluding tert-OH is 1. The van der Waals surface area contributed by atoms with Crippen molar-refractivity contribution in [3.05, 3.63) is 49.6 Å². The van der Waals surface area contributed by atoms with E-state index in [0.717, 1.165) is 18.4 Å². The number of likely N-dealkylation sites (tertiary alicyclic amines) is 1. The molecule has 2 aromatic rings. The minimum absolute atomic E-state index is 0.0953. The molecule has 0 saturated carbocycles. The Labute approximate surface area is 239 Å². The van der Waals surface area contributed by atoms with Crippen LogP contribution in [0.1, 0.15) is 45.4 Å². The van der Waals surface area contributed by atoms with Crippen LogP contribution in [0.4, 0.5) is 0 Å². The fourth-order valence-electron chi connectivity index (χ4n) is 6.93. The monoisotopic (exact) mass is 565 g/mol. The molecule has 3 fully saturated rings. The maximum Gasteiger partial charge on any atom is 0.312 e. The van der Waals surface area contributed by atoms with E-state index < -0.39 is 35.0 Å². The van der Waals surface area contributed by atoms with Crippen molar-refractivity contribution in [2.45, 2.75) is 69.4 Å². The van der Waals surface area contributed by atoms with E-state index in [1.54, 1.807) is 15.7 Å². The summed E-state index contributed by atoms with van der Waals surface area (Å²) in [4.78, 5) is 45.1. The van der Waals surface area contributed by atoms with Gasteiger partial charge in [0.05, 0.1) is 23.6 Å². The minimum Gasteiger partial charge on any atom is -0.465 e. The number of ether oxygens (including phenoxy) is 2. The first-order valence-electron chi connectivity index (χ1n) is 14.4. The number of hydrogen-bond acceptors (Lipinski definition) is 8. The maximum atomic E-state index is 14.5. The minimum atomic E-state index is -1.17. The number of benzene rings is 1. The van der Waals surface area contributed by atoms with Crippen LogP contribution in [0.5, 0.6) is 0 Å². The predicted octanol–water partition coefficient (Wildman–Crippen LogP) is 2.45. The van der Waals surface area contributed by atoms with Crippen molar-refractivity contribution in [2.75, 3.05) is 26.3 Å². The van der Waals surface area contributed by atoms with Gasteiger partial charge in [-0.2, -0.15) is 0 Å². The quantitative estimate of drug-likeness (QED) is 0.210. The van der Waals surface area contributed by atoms with Crippen LogP contribution < -0.4 is 0 Å². The number of amides is 2. The molecule has 1 spiro atoms. The Morgan fingerprint density at radius 3 is 2.78 bits per heavy atom. The molecule has 3 aliphatic heterocycles. The van der Waals surface area contributed by atoms with Crippen molar-refractivity contribution in [3.8, 4) is 0 Å². The molecule has 41 heavy (non-hydrogen) atoms. The van der Waals surface area contributed by atoms with Gasteiger partial charge in [-0.15, -0.1) is 18.3 Å². The molecule has 4 heterocycles. The van der Waals surface area contributed by atoms with Gasteiger partial charge in [0, 0.05) is 19.7 Å².